The number of carbonyl (C=O) groups is 16. The maximum Gasteiger partial charge on any atom is 0.326 e. The van der Waals surface area contributed by atoms with Crippen LogP contribution in [0.4, 0.5) is 0 Å². The SMILES string of the molecule is CC(C)[C@H](NC(=O)CNC(=O)[C@H](CC(=O)O)NC(=O)[C@H](C)NC(=O)CN)C(=O)N1CCC[C@H]1C(=O)NCC(=O)N[C@@H](CCCCN)C(=O)N[C@@H](CC(=O)O)C(=O)NCC(=O)N1CCC[C@H]1C(=O)N[C@@H](CCCN=C(N)N)C(=O)NCC(=O)N1CCC[C@H]1C(=O)O. The normalized spacial score (nSPS) is 18.0. The van der Waals surface area contributed by atoms with E-state index in [0.29, 0.717) is 25.7 Å². The lowest BCUT2D eigenvalue weighted by atomic mass is 10.0. The van der Waals surface area contributed by atoms with Gasteiger partial charge in [-0.3, -0.25) is 76.9 Å². The number of aliphatic imine (C=N–C) groups is 1. The second-order valence-corrected chi connectivity index (χ2v) is 21.9. The Balaban J connectivity index is 1.63. The molecule has 13 amide bonds. The molecule has 0 spiro atoms. The molecular weight excluding hydrogens is 1190 g/mol. The van der Waals surface area contributed by atoms with E-state index in [1.807, 2.05) is 0 Å². The number of hydrogen-bond donors (Lipinski definition) is 17. The molecule has 3 rings (SSSR count). The molecule has 3 fully saturated rings. The summed E-state index contributed by atoms with van der Waals surface area (Å²) in [4.78, 5) is 215. The van der Waals surface area contributed by atoms with Gasteiger partial charge in [-0.1, -0.05) is 13.8 Å². The molecule has 0 aliphatic carbocycles. The number of guanidine groups is 1. The summed E-state index contributed by atoms with van der Waals surface area (Å²) in [7, 11) is 0. The lowest BCUT2D eigenvalue weighted by Gasteiger charge is -2.30. The highest BCUT2D eigenvalue weighted by molar-refractivity contribution is 5.99. The summed E-state index contributed by atoms with van der Waals surface area (Å²) in [5.74, 6) is -16.2. The molecule has 0 aromatic carbocycles. The van der Waals surface area contributed by atoms with Crippen molar-refractivity contribution in [2.24, 2.45) is 33.8 Å². The minimum Gasteiger partial charge on any atom is -0.481 e. The van der Waals surface area contributed by atoms with Crippen LogP contribution in [0.2, 0.25) is 0 Å². The van der Waals surface area contributed by atoms with Crippen LogP contribution in [0.15, 0.2) is 4.99 Å². The van der Waals surface area contributed by atoms with Crippen LogP contribution in [0.3, 0.4) is 0 Å². The maximum absolute atomic E-state index is 13.9. The van der Waals surface area contributed by atoms with Crippen molar-refractivity contribution >= 4 is 101 Å². The highest BCUT2D eigenvalue weighted by Gasteiger charge is 2.41. The fourth-order valence-corrected chi connectivity index (χ4v) is 9.98. The Morgan fingerprint density at radius 2 is 0.956 bits per heavy atom. The summed E-state index contributed by atoms with van der Waals surface area (Å²) < 4.78 is 0. The number of nitrogens with two attached hydrogens (primary N) is 4. The Labute approximate surface area is 517 Å². The molecule has 0 saturated carbocycles. The number of carboxylic acids is 3. The average Bonchev–Trinajstić information content (AvgIpc) is 2.25. The van der Waals surface area contributed by atoms with Crippen molar-refractivity contribution in [1.29, 1.82) is 0 Å². The number of aliphatic carboxylic acids is 3. The third kappa shape index (κ3) is 24.7. The second-order valence-electron chi connectivity index (χ2n) is 21.9. The largest absolute Gasteiger partial charge is 0.481 e. The van der Waals surface area contributed by atoms with Crippen molar-refractivity contribution in [2.45, 2.75) is 159 Å². The topological polar surface area (TPSA) is 580 Å². The van der Waals surface area contributed by atoms with Crippen LogP contribution >= 0.6 is 0 Å². The van der Waals surface area contributed by atoms with Crippen molar-refractivity contribution in [3.8, 4) is 0 Å². The summed E-state index contributed by atoms with van der Waals surface area (Å²) in [5, 5.41) is 52.2. The molecule has 37 nitrogen and oxygen atoms in total. The fourth-order valence-electron chi connectivity index (χ4n) is 9.98. The lowest BCUT2D eigenvalue weighted by Crippen LogP contribution is -2.58. The molecule has 3 aliphatic rings. The van der Waals surface area contributed by atoms with Crippen LogP contribution in [0.25, 0.3) is 0 Å². The van der Waals surface area contributed by atoms with Gasteiger partial charge in [-0.15, -0.1) is 0 Å². The summed E-state index contributed by atoms with van der Waals surface area (Å²) in [6.07, 6.45) is 0.338. The third-order valence-corrected chi connectivity index (χ3v) is 14.7. The summed E-state index contributed by atoms with van der Waals surface area (Å²) in [6.45, 7) is 1.59. The van der Waals surface area contributed by atoms with Gasteiger partial charge in [-0.05, 0) is 90.0 Å². The van der Waals surface area contributed by atoms with E-state index in [1.54, 1.807) is 13.8 Å². The molecule has 3 aliphatic heterocycles. The molecule has 0 aromatic rings. The van der Waals surface area contributed by atoms with E-state index in [-0.39, 0.29) is 83.6 Å². The smallest absolute Gasteiger partial charge is 0.326 e. The van der Waals surface area contributed by atoms with Crippen LogP contribution < -0.4 is 76.1 Å². The predicted molar refractivity (Wildman–Crippen MR) is 312 cm³/mol. The zero-order valence-corrected chi connectivity index (χ0v) is 50.5. The van der Waals surface area contributed by atoms with Crippen LogP contribution in [0.5, 0.6) is 0 Å². The first-order chi connectivity index (χ1) is 42.5. The Bertz CT molecular complexity index is 2670. The van der Waals surface area contributed by atoms with E-state index in [2.05, 4.69) is 58.2 Å². The average molecular weight is 1280 g/mol. The van der Waals surface area contributed by atoms with Crippen LogP contribution in [-0.4, -0.2) is 251 Å². The van der Waals surface area contributed by atoms with Gasteiger partial charge in [0.1, 0.15) is 54.4 Å². The molecule has 37 heteroatoms. The van der Waals surface area contributed by atoms with Crippen LogP contribution in [0, 0.1) is 5.92 Å². The molecule has 90 heavy (non-hydrogen) atoms. The predicted octanol–water partition coefficient (Wildman–Crippen LogP) is -8.82. The minimum atomic E-state index is -1.83. The van der Waals surface area contributed by atoms with Gasteiger partial charge in [0.15, 0.2) is 5.96 Å². The first-order valence-corrected chi connectivity index (χ1v) is 29.4. The van der Waals surface area contributed by atoms with Gasteiger partial charge in [-0.25, -0.2) is 4.79 Å². The van der Waals surface area contributed by atoms with E-state index < -0.39 is 201 Å². The molecular formula is C53H86N18O19. The molecule has 0 unspecified atom stereocenters. The molecule has 0 radical (unpaired) electrons. The van der Waals surface area contributed by atoms with E-state index in [0.717, 1.165) is 9.80 Å². The minimum absolute atomic E-state index is 0.0255. The number of rotatable bonds is 37. The summed E-state index contributed by atoms with van der Waals surface area (Å²) in [5.41, 5.74) is 21.7. The van der Waals surface area contributed by atoms with E-state index >= 15 is 0 Å². The van der Waals surface area contributed by atoms with Crippen LogP contribution in [0.1, 0.15) is 104 Å². The van der Waals surface area contributed by atoms with Gasteiger partial charge in [-0.2, -0.15) is 0 Å². The highest BCUT2D eigenvalue weighted by Crippen LogP contribution is 2.22. The van der Waals surface area contributed by atoms with Gasteiger partial charge < -0.3 is 106 Å². The van der Waals surface area contributed by atoms with Gasteiger partial charge in [0, 0.05) is 26.2 Å². The third-order valence-electron chi connectivity index (χ3n) is 14.7. The number of hydrogen-bond acceptors (Lipinski definition) is 19. The Hall–Kier alpha value is -9.29. The van der Waals surface area contributed by atoms with Gasteiger partial charge in [0.25, 0.3) is 0 Å². The van der Waals surface area contributed by atoms with E-state index in [1.165, 1.54) is 11.8 Å². The number of nitrogens with zero attached hydrogens (tertiary/aromatic N) is 4. The fraction of sp³-hybridized carbons (Fsp3) is 0.679. The van der Waals surface area contributed by atoms with Crippen molar-refractivity contribution in [1.82, 2.24) is 67.9 Å². The number of amides is 13. The first-order valence-electron chi connectivity index (χ1n) is 29.4. The molecule has 502 valence electrons. The lowest BCUT2D eigenvalue weighted by molar-refractivity contribution is -0.148. The van der Waals surface area contributed by atoms with Gasteiger partial charge in [0.05, 0.1) is 45.6 Å². The molecule has 21 N–H and O–H groups in total. The quantitative estimate of drug-likeness (QED) is 0.0156. The van der Waals surface area contributed by atoms with Gasteiger partial charge >= 0.3 is 17.9 Å². The molecule has 3 saturated heterocycles. The highest BCUT2D eigenvalue weighted by atomic mass is 16.4. The standard InChI is InChI=1S/C53H86N18O19/c1-27(2)43(68-38(74)24-59-46(83)31(20-41(77)78)66-44(81)28(3)63-36(72)22-55)51(88)71-19-8-12-33(71)49(86)60-23-37(73)64-30(10-4-5-15-54)48(85)67-32(21-42(79)80)47(84)62-25-39(75)69-17-7-13-34(69)50(87)65-29(11-6-16-58-53(56)57)45(82)61-26-40(76)70-18-9-14-35(70)52(89)90/h27-35,43H,4-26,54-55H2,1-3H3,(H,59,83)(H,60,86)(H,61,82)(H,62,84)(H,63,72)(H,64,73)(H,65,87)(H,66,81)(H,67,85)(H,68,74)(H,77,78)(H,79,80)(H,89,90)(H4,56,57,58)/t28-,29-,30-,31-,32-,33-,34-,35-,43-/m0/s1. The molecule has 0 bridgehead atoms. The monoisotopic (exact) mass is 1280 g/mol. The van der Waals surface area contributed by atoms with Crippen LogP contribution in [-0.2, 0) is 76.7 Å². The summed E-state index contributed by atoms with van der Waals surface area (Å²) in [6, 6.07) is -12.1. The number of carbonyl (C=O) groups excluding carboxylic acids is 13. The van der Waals surface area contributed by atoms with Crippen molar-refractivity contribution < 1.29 is 92.0 Å². The van der Waals surface area contributed by atoms with E-state index in [9.17, 15) is 92.0 Å². The molecule has 3 heterocycles. The number of carboxylic acid groups (broad SMARTS) is 3. The Kier molecular flexibility index (Phi) is 31.3. The second kappa shape index (κ2) is 37.5. The number of likely N-dealkylation sites (tertiary alicyclic amines) is 3. The molecule has 9 atom stereocenters. The van der Waals surface area contributed by atoms with Crippen molar-refractivity contribution in [2.75, 3.05) is 65.4 Å². The Morgan fingerprint density at radius 3 is 1.48 bits per heavy atom. The number of nitrogens with one attached hydrogen (secondary N) is 10. The van der Waals surface area contributed by atoms with Crippen molar-refractivity contribution in [3.05, 3.63) is 0 Å². The Morgan fingerprint density at radius 1 is 0.489 bits per heavy atom. The zero-order valence-electron chi connectivity index (χ0n) is 50.5. The maximum atomic E-state index is 13.9. The van der Waals surface area contributed by atoms with E-state index in [4.69, 9.17) is 22.9 Å². The first kappa shape index (κ1) is 75.0. The molecule has 0 aromatic heterocycles. The number of unbranched alkanes of at least 4 members (excludes halogenated alkanes) is 1. The zero-order chi connectivity index (χ0) is 67.4. The summed E-state index contributed by atoms with van der Waals surface area (Å²) >= 11 is 0. The van der Waals surface area contributed by atoms with Crippen molar-refractivity contribution in [3.63, 3.8) is 0 Å². The van der Waals surface area contributed by atoms with Gasteiger partial charge in [0.2, 0.25) is 76.8 Å².